The summed E-state index contributed by atoms with van der Waals surface area (Å²) >= 11 is 0. The Balaban J connectivity index is 2.99. The van der Waals surface area contributed by atoms with Crippen LogP contribution in [0.4, 0.5) is 0 Å². The van der Waals surface area contributed by atoms with E-state index in [1.807, 2.05) is 5.94 Å². The van der Waals surface area contributed by atoms with Gasteiger partial charge in [0.15, 0.2) is 0 Å². The van der Waals surface area contributed by atoms with E-state index in [0.717, 1.165) is 25.7 Å². The molecule has 0 unspecified atom stereocenters. The molecular formula is C19H34O3. The molecular weight excluding hydrogens is 276 g/mol. The van der Waals surface area contributed by atoms with Crippen LogP contribution in [0.5, 0.6) is 0 Å². The van der Waals surface area contributed by atoms with Crippen molar-refractivity contribution in [3.63, 3.8) is 0 Å². The maximum atomic E-state index is 10.3. The molecule has 1 N–H and O–H groups in total. The van der Waals surface area contributed by atoms with Gasteiger partial charge in [-0.25, -0.2) is 4.79 Å². The van der Waals surface area contributed by atoms with Crippen molar-refractivity contribution >= 4 is 11.9 Å². The minimum atomic E-state index is -0.669. The van der Waals surface area contributed by atoms with Gasteiger partial charge in [-0.15, -0.1) is 0 Å². The van der Waals surface area contributed by atoms with Crippen molar-refractivity contribution in [3.8, 4) is 0 Å². The number of carboxylic acid groups (broad SMARTS) is 1. The van der Waals surface area contributed by atoms with E-state index in [1.165, 1.54) is 70.6 Å². The number of aliphatic carboxylic acids is 1. The molecule has 0 heterocycles. The molecule has 0 aromatic carbocycles. The molecule has 3 heteroatoms. The number of carbonyl (C=O) groups excluding carboxylic acids is 1. The highest BCUT2D eigenvalue weighted by Crippen LogP contribution is 2.13. The zero-order valence-corrected chi connectivity index (χ0v) is 14.2. The third kappa shape index (κ3) is 18.9. The van der Waals surface area contributed by atoms with Gasteiger partial charge in [0, 0.05) is 6.42 Å². The average molecular weight is 310 g/mol. The van der Waals surface area contributed by atoms with Gasteiger partial charge in [0.05, 0.1) is 0 Å². The summed E-state index contributed by atoms with van der Waals surface area (Å²) in [7, 11) is 0. The maximum absolute atomic E-state index is 10.3. The molecule has 0 aliphatic rings. The Labute approximate surface area is 136 Å². The van der Waals surface area contributed by atoms with E-state index in [-0.39, 0.29) is 0 Å². The fourth-order valence-corrected chi connectivity index (χ4v) is 2.70. The molecule has 0 fully saturated rings. The quantitative estimate of drug-likeness (QED) is 0.277. The van der Waals surface area contributed by atoms with Crippen LogP contribution in [-0.2, 0) is 9.59 Å². The first-order chi connectivity index (χ1) is 10.8. The molecule has 0 aliphatic carbocycles. The van der Waals surface area contributed by atoms with E-state index >= 15 is 0 Å². The summed E-state index contributed by atoms with van der Waals surface area (Å²) in [5, 5.41) is 8.52. The second kappa shape index (κ2) is 18.0. The number of carbonyl (C=O) groups is 1. The van der Waals surface area contributed by atoms with Crippen molar-refractivity contribution in [3.05, 3.63) is 6.08 Å². The normalized spacial score (nSPS) is 10.4. The summed E-state index contributed by atoms with van der Waals surface area (Å²) in [5.74, 6) is 1.15. The van der Waals surface area contributed by atoms with E-state index in [9.17, 15) is 9.59 Å². The van der Waals surface area contributed by atoms with Crippen LogP contribution < -0.4 is 0 Å². The van der Waals surface area contributed by atoms with Crippen molar-refractivity contribution in [2.45, 2.75) is 103 Å². The van der Waals surface area contributed by atoms with Crippen LogP contribution in [-0.4, -0.2) is 17.0 Å². The van der Waals surface area contributed by atoms with Gasteiger partial charge in [0.2, 0.25) is 0 Å². The largest absolute Gasteiger partial charge is 0.481 e. The number of hydrogen-bond acceptors (Lipinski definition) is 2. The Bertz CT molecular complexity index is 277. The SMILES string of the molecule is O=C=CCCCCCCCCCCCCCCCCC(=O)O. The number of allylic oxidation sites excluding steroid dienone is 1. The van der Waals surface area contributed by atoms with Crippen molar-refractivity contribution in [2.75, 3.05) is 0 Å². The number of unbranched alkanes of at least 4 members (excludes halogenated alkanes) is 14. The van der Waals surface area contributed by atoms with Gasteiger partial charge in [-0.1, -0.05) is 77.0 Å². The van der Waals surface area contributed by atoms with E-state index in [4.69, 9.17) is 5.11 Å². The van der Waals surface area contributed by atoms with E-state index < -0.39 is 5.97 Å². The maximum Gasteiger partial charge on any atom is 0.303 e. The summed E-state index contributed by atoms with van der Waals surface area (Å²) in [5.41, 5.74) is 0. The standard InChI is InChI=1S/C19H34O3/c20-18-16-14-12-10-8-6-4-2-1-3-5-7-9-11-13-15-17-19(21)22/h16H,1-15,17H2,(H,21,22). The zero-order valence-electron chi connectivity index (χ0n) is 14.2. The molecule has 0 rings (SSSR count). The topological polar surface area (TPSA) is 54.4 Å². The van der Waals surface area contributed by atoms with E-state index in [2.05, 4.69) is 0 Å². The molecule has 0 saturated carbocycles. The minimum Gasteiger partial charge on any atom is -0.481 e. The lowest BCUT2D eigenvalue weighted by molar-refractivity contribution is -0.137. The molecule has 0 atom stereocenters. The molecule has 22 heavy (non-hydrogen) atoms. The highest BCUT2D eigenvalue weighted by Gasteiger charge is 1.97. The van der Waals surface area contributed by atoms with Crippen LogP contribution in [0.1, 0.15) is 103 Å². The van der Waals surface area contributed by atoms with Crippen LogP contribution in [0.15, 0.2) is 6.08 Å². The fraction of sp³-hybridized carbons (Fsp3) is 0.842. The molecule has 0 bridgehead atoms. The van der Waals surface area contributed by atoms with Crippen molar-refractivity contribution in [2.24, 2.45) is 0 Å². The van der Waals surface area contributed by atoms with Crippen LogP contribution in [0.25, 0.3) is 0 Å². The van der Waals surface area contributed by atoms with Crippen LogP contribution in [0.3, 0.4) is 0 Å². The van der Waals surface area contributed by atoms with E-state index in [0.29, 0.717) is 6.42 Å². The van der Waals surface area contributed by atoms with Gasteiger partial charge in [-0.2, -0.15) is 0 Å². The molecule has 0 aliphatic heterocycles. The third-order valence-electron chi connectivity index (χ3n) is 4.07. The molecule has 0 amide bonds. The molecule has 0 aromatic rings. The minimum absolute atomic E-state index is 0.327. The molecule has 128 valence electrons. The van der Waals surface area contributed by atoms with Gasteiger partial charge in [-0.05, 0) is 25.3 Å². The Hall–Kier alpha value is -1.08. The predicted octanol–water partition coefficient (Wildman–Crippen LogP) is 5.70. The number of rotatable bonds is 17. The summed E-state index contributed by atoms with van der Waals surface area (Å²) in [6.45, 7) is 0. The Kier molecular flexibility index (Phi) is 17.1. The highest BCUT2D eigenvalue weighted by atomic mass is 16.4. The molecule has 3 nitrogen and oxygen atoms in total. The third-order valence-corrected chi connectivity index (χ3v) is 4.07. The van der Waals surface area contributed by atoms with Gasteiger partial charge >= 0.3 is 5.97 Å². The van der Waals surface area contributed by atoms with Crippen molar-refractivity contribution in [1.82, 2.24) is 0 Å². The van der Waals surface area contributed by atoms with Gasteiger partial charge in [0.25, 0.3) is 0 Å². The molecule has 0 saturated heterocycles. The van der Waals surface area contributed by atoms with Gasteiger partial charge in [0.1, 0.15) is 5.94 Å². The Morgan fingerprint density at radius 1 is 0.682 bits per heavy atom. The van der Waals surface area contributed by atoms with Crippen LogP contribution >= 0.6 is 0 Å². The van der Waals surface area contributed by atoms with E-state index in [1.54, 1.807) is 6.08 Å². The first-order valence-electron chi connectivity index (χ1n) is 9.18. The lowest BCUT2D eigenvalue weighted by Crippen LogP contribution is -1.93. The lowest BCUT2D eigenvalue weighted by atomic mass is 10.0. The summed E-state index contributed by atoms with van der Waals surface area (Å²) < 4.78 is 0. The second-order valence-corrected chi connectivity index (χ2v) is 6.20. The van der Waals surface area contributed by atoms with Gasteiger partial charge in [-0.3, -0.25) is 4.79 Å². The summed E-state index contributed by atoms with van der Waals surface area (Å²) in [6.07, 6.45) is 20.2. The Morgan fingerprint density at radius 3 is 1.41 bits per heavy atom. The predicted molar refractivity (Wildman–Crippen MR) is 91.8 cm³/mol. The van der Waals surface area contributed by atoms with Gasteiger partial charge < -0.3 is 5.11 Å². The first-order valence-corrected chi connectivity index (χ1v) is 9.18. The van der Waals surface area contributed by atoms with Crippen LogP contribution in [0, 0.1) is 0 Å². The second-order valence-electron chi connectivity index (χ2n) is 6.20. The smallest absolute Gasteiger partial charge is 0.303 e. The van der Waals surface area contributed by atoms with Crippen LogP contribution in [0.2, 0.25) is 0 Å². The highest BCUT2D eigenvalue weighted by molar-refractivity contribution is 5.66. The van der Waals surface area contributed by atoms with Crippen molar-refractivity contribution < 1.29 is 14.7 Å². The summed E-state index contributed by atoms with van der Waals surface area (Å²) in [4.78, 5) is 20.3. The molecule has 0 spiro atoms. The zero-order chi connectivity index (χ0) is 16.3. The first kappa shape index (κ1) is 20.9. The Morgan fingerprint density at radius 2 is 1.05 bits per heavy atom. The summed E-state index contributed by atoms with van der Waals surface area (Å²) in [6, 6.07) is 0. The number of carboxylic acids is 1. The molecule has 0 aromatic heterocycles. The van der Waals surface area contributed by atoms with Crippen molar-refractivity contribution in [1.29, 1.82) is 0 Å². The fourth-order valence-electron chi connectivity index (χ4n) is 2.70. The molecule has 0 radical (unpaired) electrons. The lowest BCUT2D eigenvalue weighted by Gasteiger charge is -2.03. The monoisotopic (exact) mass is 310 g/mol. The average Bonchev–Trinajstić information content (AvgIpc) is 2.50. The number of hydrogen-bond donors (Lipinski definition) is 1.